The number of aromatic nitrogens is 1. The van der Waals surface area contributed by atoms with Crippen LogP contribution in [0.2, 0.25) is 0 Å². The second kappa shape index (κ2) is 9.86. The molecule has 1 aliphatic heterocycles. The number of hydrogen-bond donors (Lipinski definition) is 1. The Kier molecular flexibility index (Phi) is 7.45. The Morgan fingerprint density at radius 1 is 1.33 bits per heavy atom. The molecule has 1 aromatic heterocycles. The first-order valence-corrected chi connectivity index (χ1v) is 12.2. The molecule has 1 aliphatic rings. The van der Waals surface area contributed by atoms with E-state index in [1.807, 2.05) is 0 Å². The van der Waals surface area contributed by atoms with E-state index >= 15 is 0 Å². The molecule has 30 heavy (non-hydrogen) atoms. The summed E-state index contributed by atoms with van der Waals surface area (Å²) in [5.41, 5.74) is 0.691. The zero-order chi connectivity index (χ0) is 21.7. The van der Waals surface area contributed by atoms with Crippen LogP contribution in [0.1, 0.15) is 36.3 Å². The molecule has 1 amide bonds. The number of rotatable bonds is 8. The van der Waals surface area contributed by atoms with Gasteiger partial charge in [0.05, 0.1) is 24.8 Å². The van der Waals surface area contributed by atoms with Gasteiger partial charge in [-0.1, -0.05) is 13.8 Å². The lowest BCUT2D eigenvalue weighted by Crippen LogP contribution is -2.40. The molecule has 0 saturated carbocycles. The Labute approximate surface area is 181 Å². The Morgan fingerprint density at radius 2 is 2.07 bits per heavy atom. The number of nitrogens with zero attached hydrogens (tertiary/aromatic N) is 2. The molecule has 1 aromatic carbocycles. The summed E-state index contributed by atoms with van der Waals surface area (Å²) in [5, 5.41) is 5.37. The zero-order valence-corrected chi connectivity index (χ0v) is 19.0. The van der Waals surface area contributed by atoms with Gasteiger partial charge in [-0.2, -0.15) is 4.31 Å². The Bertz CT molecular complexity index is 982. The van der Waals surface area contributed by atoms with Crippen molar-refractivity contribution in [1.29, 1.82) is 0 Å². The van der Waals surface area contributed by atoms with E-state index in [1.165, 1.54) is 21.7 Å². The number of hydrogen-bond acceptors (Lipinski definition) is 7. The monoisotopic (exact) mass is 453 g/mol. The molecule has 164 valence electrons. The third-order valence-corrected chi connectivity index (χ3v) is 7.25. The minimum absolute atomic E-state index is 0.0304. The van der Waals surface area contributed by atoms with Crippen LogP contribution in [-0.2, 0) is 21.2 Å². The van der Waals surface area contributed by atoms with Crippen LogP contribution < -0.4 is 10.1 Å². The maximum absolute atomic E-state index is 13.2. The molecule has 0 atom stereocenters. The van der Waals surface area contributed by atoms with Crippen molar-refractivity contribution < 1.29 is 22.7 Å². The number of carbonyl (C=O) groups excluding carboxylic acids is 1. The second-order valence-electron chi connectivity index (χ2n) is 7.29. The van der Waals surface area contributed by atoms with E-state index in [1.54, 1.807) is 24.4 Å². The highest BCUT2D eigenvalue weighted by molar-refractivity contribution is 7.89. The van der Waals surface area contributed by atoms with Crippen LogP contribution in [0.15, 0.2) is 28.5 Å². The Hall–Kier alpha value is -2.01. The van der Waals surface area contributed by atoms with Crippen molar-refractivity contribution in [3.05, 3.63) is 34.3 Å². The van der Waals surface area contributed by atoms with Gasteiger partial charge in [-0.3, -0.25) is 4.79 Å². The number of amides is 1. The predicted molar refractivity (Wildman–Crippen MR) is 116 cm³/mol. The van der Waals surface area contributed by atoms with Gasteiger partial charge in [0.15, 0.2) is 0 Å². The predicted octanol–water partition coefficient (Wildman–Crippen LogP) is 3.01. The van der Waals surface area contributed by atoms with E-state index < -0.39 is 10.0 Å². The first-order valence-electron chi connectivity index (χ1n) is 9.91. The average molecular weight is 454 g/mol. The maximum Gasteiger partial charge on any atom is 0.275 e. The van der Waals surface area contributed by atoms with Gasteiger partial charge in [0, 0.05) is 30.6 Å². The topological polar surface area (TPSA) is 97.8 Å². The lowest BCUT2D eigenvalue weighted by molar-refractivity contribution is 0.0729. The SMILES string of the molecule is CCOc1ccc(NC(=O)c2csc(CC(C)C)n2)cc1S(=O)(=O)N1CCOCC1. The molecule has 1 saturated heterocycles. The van der Waals surface area contributed by atoms with E-state index in [0.29, 0.717) is 37.1 Å². The van der Waals surface area contributed by atoms with Crippen molar-refractivity contribution >= 4 is 33.0 Å². The number of anilines is 1. The van der Waals surface area contributed by atoms with Crippen molar-refractivity contribution in [2.75, 3.05) is 38.2 Å². The summed E-state index contributed by atoms with van der Waals surface area (Å²) < 4.78 is 38.5. The highest BCUT2D eigenvalue weighted by Crippen LogP contribution is 2.30. The first-order chi connectivity index (χ1) is 14.3. The molecule has 1 fully saturated rings. The van der Waals surface area contributed by atoms with Crippen LogP contribution in [-0.4, -0.2) is 56.5 Å². The van der Waals surface area contributed by atoms with Gasteiger partial charge < -0.3 is 14.8 Å². The fraction of sp³-hybridized carbons (Fsp3) is 0.500. The van der Waals surface area contributed by atoms with E-state index in [-0.39, 0.29) is 29.6 Å². The van der Waals surface area contributed by atoms with Crippen LogP contribution in [0, 0.1) is 5.92 Å². The van der Waals surface area contributed by atoms with Gasteiger partial charge in [-0.05, 0) is 31.0 Å². The Balaban J connectivity index is 1.84. The molecule has 2 heterocycles. The van der Waals surface area contributed by atoms with Crippen LogP contribution in [0.25, 0.3) is 0 Å². The van der Waals surface area contributed by atoms with E-state index in [0.717, 1.165) is 11.4 Å². The zero-order valence-electron chi connectivity index (χ0n) is 17.4. The molecule has 8 nitrogen and oxygen atoms in total. The standard InChI is InChI=1S/C20H27N3O5S2/c1-4-28-17-6-5-15(12-18(17)30(25,26)23-7-9-27-10-8-23)21-20(24)16-13-29-19(22-16)11-14(2)3/h5-6,12-14H,4,7-11H2,1-3H3,(H,21,24). The largest absolute Gasteiger partial charge is 0.492 e. The lowest BCUT2D eigenvalue weighted by atomic mass is 10.1. The van der Waals surface area contributed by atoms with Crippen LogP contribution in [0.3, 0.4) is 0 Å². The minimum Gasteiger partial charge on any atom is -0.492 e. The third kappa shape index (κ3) is 5.37. The van der Waals surface area contributed by atoms with Crippen LogP contribution in [0.5, 0.6) is 5.75 Å². The summed E-state index contributed by atoms with van der Waals surface area (Å²) in [6.07, 6.45) is 0.808. The highest BCUT2D eigenvalue weighted by atomic mass is 32.2. The molecule has 10 heteroatoms. The number of ether oxygens (including phenoxy) is 2. The summed E-state index contributed by atoms with van der Waals surface area (Å²) in [5.74, 6) is 0.334. The van der Waals surface area contributed by atoms with Gasteiger partial charge in [0.25, 0.3) is 5.91 Å². The smallest absolute Gasteiger partial charge is 0.275 e. The van der Waals surface area contributed by atoms with E-state index in [4.69, 9.17) is 9.47 Å². The summed E-state index contributed by atoms with van der Waals surface area (Å²) in [4.78, 5) is 17.0. The first kappa shape index (κ1) is 22.7. The van der Waals surface area contributed by atoms with Crippen LogP contribution >= 0.6 is 11.3 Å². The molecule has 0 spiro atoms. The van der Waals surface area contributed by atoms with E-state index in [2.05, 4.69) is 24.1 Å². The Morgan fingerprint density at radius 3 is 2.73 bits per heavy atom. The molecular weight excluding hydrogens is 426 g/mol. The molecule has 0 bridgehead atoms. The molecule has 1 N–H and O–H groups in total. The van der Waals surface area contributed by atoms with Gasteiger partial charge in [-0.15, -0.1) is 11.3 Å². The summed E-state index contributed by atoms with van der Waals surface area (Å²) >= 11 is 1.45. The van der Waals surface area contributed by atoms with Crippen molar-refractivity contribution in [2.24, 2.45) is 5.92 Å². The molecule has 2 aromatic rings. The molecule has 3 rings (SSSR count). The quantitative estimate of drug-likeness (QED) is 0.660. The fourth-order valence-electron chi connectivity index (χ4n) is 3.04. The number of nitrogens with one attached hydrogen (secondary N) is 1. The number of benzene rings is 1. The third-order valence-electron chi connectivity index (χ3n) is 4.46. The number of sulfonamides is 1. The minimum atomic E-state index is -3.78. The van der Waals surface area contributed by atoms with Crippen molar-refractivity contribution in [1.82, 2.24) is 9.29 Å². The lowest BCUT2D eigenvalue weighted by Gasteiger charge is -2.27. The van der Waals surface area contributed by atoms with Crippen molar-refractivity contribution in [2.45, 2.75) is 32.1 Å². The molecule has 0 radical (unpaired) electrons. The molecular formula is C20H27N3O5S2. The van der Waals surface area contributed by atoms with E-state index in [9.17, 15) is 13.2 Å². The van der Waals surface area contributed by atoms with Gasteiger partial charge in [0.1, 0.15) is 16.3 Å². The average Bonchev–Trinajstić information content (AvgIpc) is 3.18. The normalized spacial score (nSPS) is 15.3. The highest BCUT2D eigenvalue weighted by Gasteiger charge is 2.30. The summed E-state index contributed by atoms with van der Waals surface area (Å²) in [6, 6.07) is 4.63. The van der Waals surface area contributed by atoms with Crippen molar-refractivity contribution in [3.63, 3.8) is 0 Å². The summed E-state index contributed by atoms with van der Waals surface area (Å²) in [7, 11) is -3.78. The molecule has 0 aliphatic carbocycles. The fourth-order valence-corrected chi connectivity index (χ4v) is 5.59. The van der Waals surface area contributed by atoms with Crippen LogP contribution in [0.4, 0.5) is 5.69 Å². The number of morpholine rings is 1. The van der Waals surface area contributed by atoms with Crippen molar-refractivity contribution in [3.8, 4) is 5.75 Å². The maximum atomic E-state index is 13.2. The number of thiazole rings is 1. The summed E-state index contributed by atoms with van der Waals surface area (Å²) in [6.45, 7) is 7.57. The van der Waals surface area contributed by atoms with Gasteiger partial charge in [-0.25, -0.2) is 13.4 Å². The number of carbonyl (C=O) groups is 1. The molecule has 0 unspecified atom stereocenters. The van der Waals surface area contributed by atoms with Gasteiger partial charge in [0.2, 0.25) is 10.0 Å². The second-order valence-corrected chi connectivity index (χ2v) is 10.1. The van der Waals surface area contributed by atoms with Gasteiger partial charge >= 0.3 is 0 Å².